The van der Waals surface area contributed by atoms with Crippen LogP contribution < -0.4 is 5.32 Å². The number of amides is 2. The third-order valence-electron chi connectivity index (χ3n) is 10.5. The molecule has 1 aliphatic carbocycles. The first-order chi connectivity index (χ1) is 23.5. The van der Waals surface area contributed by atoms with Gasteiger partial charge in [0.15, 0.2) is 0 Å². The van der Waals surface area contributed by atoms with Crippen LogP contribution >= 0.6 is 0 Å². The zero-order valence-corrected chi connectivity index (χ0v) is 28.1. The van der Waals surface area contributed by atoms with E-state index in [1.54, 1.807) is 0 Å². The normalized spacial score (nSPS) is 24.0. The van der Waals surface area contributed by atoms with Gasteiger partial charge in [-0.25, -0.2) is 0 Å². The second kappa shape index (κ2) is 15.0. The molecule has 6 rings (SSSR count). The molecular weight excluding hydrogens is 637 g/mol. The fourth-order valence-electron chi connectivity index (χ4n) is 7.61. The zero-order chi connectivity index (χ0) is 34.7. The summed E-state index contributed by atoms with van der Waals surface area (Å²) in [7, 11) is 0. The number of likely N-dealkylation sites (tertiary alicyclic amines) is 1. The Balaban J connectivity index is 1.12. The SMILES string of the molecule is Cc1cc(NC(=O)c2coc3ccccc23)c(C)cc1CC(=O)N1C[C@@H](N2CCN(CC(F)(F)F)CC2)C[C@H]1CO[C@H]1CC[C@H](C=O)CC1. The number of piperazine rings is 1. The van der Waals surface area contributed by atoms with E-state index in [1.165, 1.54) is 11.2 Å². The standard InChI is InChI=1S/C37H45F3N4O5/c1-24-16-33(41-36(47)32-22-49-34-6-4-3-5-31(32)34)25(2)15-27(24)17-35(46)44-19-28(43-13-11-42(12-14-43)23-37(38,39)40)18-29(44)21-48-30-9-7-26(20-45)8-10-30/h3-6,15-16,20,22,26,28-30H,7-14,17-19,21,23H2,1-2H3,(H,41,47)/t26-,28-,29-,30-/m0/s1. The number of fused-ring (bicyclic) bond motifs is 1. The number of aldehydes is 1. The molecule has 0 spiro atoms. The van der Waals surface area contributed by atoms with E-state index >= 15 is 0 Å². The second-order valence-corrected chi connectivity index (χ2v) is 13.9. The van der Waals surface area contributed by atoms with Gasteiger partial charge in [0.2, 0.25) is 5.91 Å². The van der Waals surface area contributed by atoms with E-state index in [-0.39, 0.29) is 42.3 Å². The van der Waals surface area contributed by atoms with E-state index in [0.29, 0.717) is 62.6 Å². The minimum atomic E-state index is -4.22. The van der Waals surface area contributed by atoms with Gasteiger partial charge in [0.25, 0.3) is 5.91 Å². The Morgan fingerprint density at radius 2 is 1.76 bits per heavy atom. The lowest BCUT2D eigenvalue weighted by Crippen LogP contribution is -2.52. The molecule has 0 unspecified atom stereocenters. The molecule has 3 aromatic rings. The van der Waals surface area contributed by atoms with Crippen LogP contribution in [0.4, 0.5) is 18.9 Å². The fraction of sp³-hybridized carbons (Fsp3) is 0.541. The maximum atomic E-state index is 14.0. The Kier molecular flexibility index (Phi) is 10.8. The van der Waals surface area contributed by atoms with Crippen LogP contribution in [-0.4, -0.2) is 103 Å². The van der Waals surface area contributed by atoms with Gasteiger partial charge < -0.3 is 24.2 Å². The first kappa shape index (κ1) is 35.1. The number of carbonyl (C=O) groups is 3. The minimum Gasteiger partial charge on any atom is -0.463 e. The van der Waals surface area contributed by atoms with Crippen LogP contribution in [-0.2, 0) is 20.7 Å². The summed E-state index contributed by atoms with van der Waals surface area (Å²) in [6.45, 7) is 5.52. The Hall–Kier alpha value is -3.74. The number of alkyl halides is 3. The quantitative estimate of drug-likeness (QED) is 0.272. The van der Waals surface area contributed by atoms with Gasteiger partial charge in [-0.05, 0) is 74.8 Å². The first-order valence-electron chi connectivity index (χ1n) is 17.2. The van der Waals surface area contributed by atoms with Gasteiger partial charge in [0.05, 0.1) is 37.3 Å². The van der Waals surface area contributed by atoms with Crippen LogP contribution in [0, 0.1) is 19.8 Å². The van der Waals surface area contributed by atoms with Crippen LogP contribution in [0.3, 0.4) is 0 Å². The predicted octanol–water partition coefficient (Wildman–Crippen LogP) is 5.77. The van der Waals surface area contributed by atoms with Crippen LogP contribution in [0.2, 0.25) is 0 Å². The molecule has 0 radical (unpaired) electrons. The van der Waals surface area contributed by atoms with Crippen molar-refractivity contribution in [1.29, 1.82) is 0 Å². The highest BCUT2D eigenvalue weighted by Crippen LogP contribution is 2.30. The van der Waals surface area contributed by atoms with Gasteiger partial charge in [-0.2, -0.15) is 13.2 Å². The van der Waals surface area contributed by atoms with E-state index in [1.807, 2.05) is 55.1 Å². The second-order valence-electron chi connectivity index (χ2n) is 13.9. The molecule has 12 heteroatoms. The Morgan fingerprint density at radius 1 is 1.02 bits per heavy atom. The molecule has 1 N–H and O–H groups in total. The summed E-state index contributed by atoms with van der Waals surface area (Å²) in [5.41, 5.74) is 4.31. The number of ether oxygens (including phenoxy) is 1. The number of aryl methyl sites for hydroxylation is 2. The van der Waals surface area contributed by atoms with Crippen molar-refractivity contribution in [3.05, 3.63) is 64.9 Å². The van der Waals surface area contributed by atoms with Gasteiger partial charge in [-0.15, -0.1) is 0 Å². The van der Waals surface area contributed by atoms with Gasteiger partial charge in [-0.1, -0.05) is 24.3 Å². The molecule has 0 bridgehead atoms. The number of anilines is 1. The number of rotatable bonds is 10. The molecule has 2 amide bonds. The summed E-state index contributed by atoms with van der Waals surface area (Å²) in [4.78, 5) is 43.9. The van der Waals surface area contributed by atoms with Crippen molar-refractivity contribution in [2.45, 2.75) is 76.7 Å². The summed E-state index contributed by atoms with van der Waals surface area (Å²) in [5, 5.41) is 3.73. The van der Waals surface area contributed by atoms with Gasteiger partial charge in [0, 0.05) is 55.8 Å². The molecule has 2 aromatic carbocycles. The predicted molar refractivity (Wildman–Crippen MR) is 180 cm³/mol. The third kappa shape index (κ3) is 8.53. The molecule has 3 fully saturated rings. The smallest absolute Gasteiger partial charge is 0.401 e. The Morgan fingerprint density at radius 3 is 2.47 bits per heavy atom. The number of benzene rings is 2. The topological polar surface area (TPSA) is 95.3 Å². The summed E-state index contributed by atoms with van der Waals surface area (Å²) in [6, 6.07) is 11.1. The monoisotopic (exact) mass is 682 g/mol. The highest BCUT2D eigenvalue weighted by molar-refractivity contribution is 6.12. The molecule has 3 aliphatic rings. The lowest BCUT2D eigenvalue weighted by molar-refractivity contribution is -0.150. The van der Waals surface area contributed by atoms with E-state index < -0.39 is 12.7 Å². The van der Waals surface area contributed by atoms with Crippen molar-refractivity contribution in [1.82, 2.24) is 14.7 Å². The number of nitrogens with one attached hydrogen (secondary N) is 1. The van der Waals surface area contributed by atoms with Gasteiger partial charge >= 0.3 is 6.18 Å². The zero-order valence-electron chi connectivity index (χ0n) is 28.1. The number of hydrogen-bond donors (Lipinski definition) is 1. The van der Waals surface area contributed by atoms with Crippen molar-refractivity contribution in [3.63, 3.8) is 0 Å². The highest BCUT2D eigenvalue weighted by atomic mass is 19.4. The average molecular weight is 683 g/mol. The number of furan rings is 1. The number of hydrogen-bond acceptors (Lipinski definition) is 7. The molecule has 2 aliphatic heterocycles. The van der Waals surface area contributed by atoms with E-state index in [4.69, 9.17) is 9.15 Å². The number of halogens is 3. The maximum Gasteiger partial charge on any atom is 0.401 e. The minimum absolute atomic E-state index is 0.0272. The lowest BCUT2D eigenvalue weighted by Gasteiger charge is -2.38. The number of para-hydroxylation sites is 1. The lowest BCUT2D eigenvalue weighted by atomic mass is 9.88. The number of nitrogens with zero attached hydrogens (tertiary/aromatic N) is 3. The first-order valence-corrected chi connectivity index (χ1v) is 17.2. The average Bonchev–Trinajstić information content (AvgIpc) is 3.71. The molecule has 2 saturated heterocycles. The summed E-state index contributed by atoms with van der Waals surface area (Å²) >= 11 is 0. The molecule has 2 atom stereocenters. The molecule has 49 heavy (non-hydrogen) atoms. The van der Waals surface area contributed by atoms with Crippen LogP contribution in [0.1, 0.15) is 59.2 Å². The summed E-state index contributed by atoms with van der Waals surface area (Å²) in [5.74, 6) is -0.219. The van der Waals surface area contributed by atoms with Crippen molar-refractivity contribution in [2.24, 2.45) is 5.92 Å². The Labute approximate surface area is 284 Å². The van der Waals surface area contributed by atoms with Crippen molar-refractivity contribution in [2.75, 3.05) is 51.2 Å². The summed E-state index contributed by atoms with van der Waals surface area (Å²) < 4.78 is 50.8. The fourth-order valence-corrected chi connectivity index (χ4v) is 7.61. The van der Waals surface area contributed by atoms with Gasteiger partial charge in [0.1, 0.15) is 18.1 Å². The van der Waals surface area contributed by atoms with Crippen LogP contribution in [0.15, 0.2) is 47.1 Å². The highest BCUT2D eigenvalue weighted by Gasteiger charge is 2.40. The van der Waals surface area contributed by atoms with Crippen LogP contribution in [0.25, 0.3) is 11.0 Å². The van der Waals surface area contributed by atoms with E-state index in [0.717, 1.165) is 54.0 Å². The maximum absolute atomic E-state index is 14.0. The Bertz CT molecular complexity index is 1640. The molecule has 264 valence electrons. The van der Waals surface area contributed by atoms with Crippen molar-refractivity contribution in [3.8, 4) is 0 Å². The third-order valence-corrected chi connectivity index (χ3v) is 10.5. The largest absolute Gasteiger partial charge is 0.463 e. The molecular formula is C37H45F3N4O5. The van der Waals surface area contributed by atoms with Crippen molar-refractivity contribution < 1.29 is 36.7 Å². The van der Waals surface area contributed by atoms with Crippen molar-refractivity contribution >= 4 is 34.8 Å². The summed E-state index contributed by atoms with van der Waals surface area (Å²) in [6.07, 6.45) is 2.42. The molecule has 1 saturated carbocycles. The van der Waals surface area contributed by atoms with Gasteiger partial charge in [-0.3, -0.25) is 19.4 Å². The molecule has 1 aromatic heterocycles. The van der Waals surface area contributed by atoms with E-state index in [2.05, 4.69) is 10.2 Å². The van der Waals surface area contributed by atoms with Crippen LogP contribution in [0.5, 0.6) is 0 Å². The molecule has 9 nitrogen and oxygen atoms in total. The number of carbonyl (C=O) groups excluding carboxylic acids is 3. The van der Waals surface area contributed by atoms with E-state index in [9.17, 15) is 27.6 Å². The molecule has 3 heterocycles.